The maximum atomic E-state index is 5.97. The first kappa shape index (κ1) is 15.2. The van der Waals surface area contributed by atoms with Gasteiger partial charge in [-0.15, -0.1) is 0 Å². The van der Waals surface area contributed by atoms with Crippen molar-refractivity contribution >= 4 is 35.0 Å². The molecule has 0 saturated heterocycles. The Labute approximate surface area is 118 Å². The van der Waals surface area contributed by atoms with Gasteiger partial charge in [-0.05, 0) is 42.5 Å². The molecule has 96 valence electrons. The number of halogens is 2. The van der Waals surface area contributed by atoms with Gasteiger partial charge in [0.1, 0.15) is 0 Å². The molecule has 0 radical (unpaired) electrons. The Kier molecular flexibility index (Phi) is 7.36. The van der Waals surface area contributed by atoms with Gasteiger partial charge in [0.15, 0.2) is 0 Å². The first-order valence-electron chi connectivity index (χ1n) is 5.88. The second-order valence-electron chi connectivity index (χ2n) is 4.02. The highest BCUT2D eigenvalue weighted by Gasteiger charge is 2.03. The second kappa shape index (κ2) is 8.25. The van der Waals surface area contributed by atoms with Gasteiger partial charge in [-0.2, -0.15) is 11.8 Å². The zero-order valence-corrected chi connectivity index (χ0v) is 12.6. The fraction of sp³-hybridized carbons (Fsp3) is 0.538. The van der Waals surface area contributed by atoms with Gasteiger partial charge in [0, 0.05) is 12.6 Å². The molecule has 1 N–H and O–H groups in total. The van der Waals surface area contributed by atoms with Crippen LogP contribution < -0.4 is 5.32 Å². The molecule has 0 aromatic heterocycles. The number of rotatable bonds is 7. The minimum atomic E-state index is 0.531. The molecule has 0 bridgehead atoms. The summed E-state index contributed by atoms with van der Waals surface area (Å²) in [6.07, 6.45) is 1.19. The van der Waals surface area contributed by atoms with E-state index in [2.05, 4.69) is 19.2 Å². The van der Waals surface area contributed by atoms with Crippen LogP contribution in [0.4, 0.5) is 0 Å². The molecule has 1 unspecified atom stereocenters. The summed E-state index contributed by atoms with van der Waals surface area (Å²) in [4.78, 5) is 0. The Balaban J connectivity index is 2.31. The molecule has 0 amide bonds. The average Bonchev–Trinajstić information content (AvgIpc) is 2.31. The van der Waals surface area contributed by atoms with Gasteiger partial charge < -0.3 is 5.32 Å². The monoisotopic (exact) mass is 291 g/mol. The largest absolute Gasteiger partial charge is 0.310 e. The molecule has 1 nitrogen and oxygen atoms in total. The predicted molar refractivity (Wildman–Crippen MR) is 80.4 cm³/mol. The van der Waals surface area contributed by atoms with Gasteiger partial charge in [0.25, 0.3) is 0 Å². The lowest BCUT2D eigenvalue weighted by atomic mass is 10.2. The summed E-state index contributed by atoms with van der Waals surface area (Å²) in [6.45, 7) is 5.25. The van der Waals surface area contributed by atoms with E-state index in [-0.39, 0.29) is 0 Å². The van der Waals surface area contributed by atoms with E-state index < -0.39 is 0 Å². The third kappa shape index (κ3) is 6.01. The van der Waals surface area contributed by atoms with Gasteiger partial charge in [-0.3, -0.25) is 0 Å². The van der Waals surface area contributed by atoms with Gasteiger partial charge >= 0.3 is 0 Å². The van der Waals surface area contributed by atoms with Crippen LogP contribution >= 0.6 is 35.0 Å². The first-order valence-corrected chi connectivity index (χ1v) is 7.79. The molecule has 1 rings (SSSR count). The topological polar surface area (TPSA) is 12.0 Å². The molecule has 0 heterocycles. The SMILES string of the molecule is CCSCCC(C)NCc1ccc(Cl)c(Cl)c1. The van der Waals surface area contributed by atoms with Crippen molar-refractivity contribution in [2.75, 3.05) is 11.5 Å². The normalized spacial score (nSPS) is 12.7. The molecule has 4 heteroatoms. The standard InChI is InChI=1S/C13H19Cl2NS/c1-3-17-7-6-10(2)16-9-11-4-5-12(14)13(15)8-11/h4-5,8,10,16H,3,6-7,9H2,1-2H3. The second-order valence-corrected chi connectivity index (χ2v) is 6.22. The fourth-order valence-corrected chi connectivity index (χ4v) is 2.58. The number of thioether (sulfide) groups is 1. The van der Waals surface area contributed by atoms with Crippen molar-refractivity contribution in [1.82, 2.24) is 5.32 Å². The Morgan fingerprint density at radius 2 is 2.06 bits per heavy atom. The van der Waals surface area contributed by atoms with Crippen molar-refractivity contribution in [3.63, 3.8) is 0 Å². The van der Waals surface area contributed by atoms with Crippen molar-refractivity contribution < 1.29 is 0 Å². The van der Waals surface area contributed by atoms with Crippen molar-refractivity contribution in [1.29, 1.82) is 0 Å². The van der Waals surface area contributed by atoms with Crippen LogP contribution in [0.15, 0.2) is 18.2 Å². The predicted octanol–water partition coefficient (Wildman–Crippen LogP) is 4.61. The number of hydrogen-bond acceptors (Lipinski definition) is 2. The van der Waals surface area contributed by atoms with Crippen LogP contribution in [0.2, 0.25) is 10.0 Å². The maximum Gasteiger partial charge on any atom is 0.0595 e. The van der Waals surface area contributed by atoms with Crippen LogP contribution in [0.25, 0.3) is 0 Å². The summed E-state index contributed by atoms with van der Waals surface area (Å²) in [5.74, 6) is 2.41. The summed E-state index contributed by atoms with van der Waals surface area (Å²) in [6, 6.07) is 6.31. The van der Waals surface area contributed by atoms with Gasteiger partial charge in [0.05, 0.1) is 10.0 Å². The van der Waals surface area contributed by atoms with Gasteiger partial charge in [-0.25, -0.2) is 0 Å². The third-order valence-electron chi connectivity index (χ3n) is 2.54. The molecular weight excluding hydrogens is 273 g/mol. The van der Waals surface area contributed by atoms with E-state index in [0.29, 0.717) is 16.1 Å². The van der Waals surface area contributed by atoms with E-state index in [9.17, 15) is 0 Å². The highest BCUT2D eigenvalue weighted by molar-refractivity contribution is 7.99. The molecule has 1 aromatic rings. The molecule has 17 heavy (non-hydrogen) atoms. The van der Waals surface area contributed by atoms with Crippen molar-refractivity contribution in [3.05, 3.63) is 33.8 Å². The summed E-state index contributed by atoms with van der Waals surface area (Å²) in [5.41, 5.74) is 1.18. The summed E-state index contributed by atoms with van der Waals surface area (Å²) in [7, 11) is 0. The van der Waals surface area contributed by atoms with E-state index >= 15 is 0 Å². The first-order chi connectivity index (χ1) is 8.13. The zero-order chi connectivity index (χ0) is 12.7. The van der Waals surface area contributed by atoms with E-state index in [0.717, 1.165) is 6.54 Å². The lowest BCUT2D eigenvalue weighted by molar-refractivity contribution is 0.537. The van der Waals surface area contributed by atoms with Crippen LogP contribution in [-0.4, -0.2) is 17.5 Å². The van der Waals surface area contributed by atoms with Crippen molar-refractivity contribution in [2.24, 2.45) is 0 Å². The van der Waals surface area contributed by atoms with Crippen molar-refractivity contribution in [2.45, 2.75) is 32.9 Å². The minimum absolute atomic E-state index is 0.531. The summed E-state index contributed by atoms with van der Waals surface area (Å²) in [5, 5.41) is 4.73. The Morgan fingerprint density at radius 1 is 1.29 bits per heavy atom. The average molecular weight is 292 g/mol. The molecule has 1 atom stereocenters. The molecule has 0 aliphatic rings. The quantitative estimate of drug-likeness (QED) is 0.736. The van der Waals surface area contributed by atoms with Crippen LogP contribution in [0.3, 0.4) is 0 Å². The number of nitrogens with one attached hydrogen (secondary N) is 1. The molecule has 1 aromatic carbocycles. The highest BCUT2D eigenvalue weighted by atomic mass is 35.5. The van der Waals surface area contributed by atoms with Crippen LogP contribution in [0.1, 0.15) is 25.8 Å². The van der Waals surface area contributed by atoms with Crippen LogP contribution in [0.5, 0.6) is 0 Å². The zero-order valence-electron chi connectivity index (χ0n) is 10.3. The highest BCUT2D eigenvalue weighted by Crippen LogP contribution is 2.22. The Bertz CT molecular complexity index is 344. The van der Waals surface area contributed by atoms with E-state index in [1.54, 1.807) is 0 Å². The lowest BCUT2D eigenvalue weighted by Crippen LogP contribution is -2.26. The molecule has 0 fully saturated rings. The summed E-state index contributed by atoms with van der Waals surface area (Å²) < 4.78 is 0. The van der Waals surface area contributed by atoms with E-state index in [4.69, 9.17) is 23.2 Å². The van der Waals surface area contributed by atoms with Gasteiger partial charge in [0.2, 0.25) is 0 Å². The van der Waals surface area contributed by atoms with E-state index in [1.165, 1.54) is 23.5 Å². The molecule has 0 aliphatic carbocycles. The molecule has 0 saturated carbocycles. The molecule has 0 aliphatic heterocycles. The molecular formula is C13H19Cl2NS. The van der Waals surface area contributed by atoms with E-state index in [1.807, 2.05) is 30.0 Å². The fourth-order valence-electron chi connectivity index (χ4n) is 1.45. The van der Waals surface area contributed by atoms with Crippen molar-refractivity contribution in [3.8, 4) is 0 Å². The third-order valence-corrected chi connectivity index (χ3v) is 4.21. The van der Waals surface area contributed by atoms with Crippen LogP contribution in [-0.2, 0) is 6.54 Å². The Morgan fingerprint density at radius 3 is 2.71 bits per heavy atom. The van der Waals surface area contributed by atoms with Gasteiger partial charge in [-0.1, -0.05) is 36.2 Å². The number of hydrogen-bond donors (Lipinski definition) is 1. The Hall–Kier alpha value is 0.110. The summed E-state index contributed by atoms with van der Waals surface area (Å²) >= 11 is 13.8. The minimum Gasteiger partial charge on any atom is -0.310 e. The lowest BCUT2D eigenvalue weighted by Gasteiger charge is -2.13. The maximum absolute atomic E-state index is 5.97. The number of benzene rings is 1. The smallest absolute Gasteiger partial charge is 0.0595 e. The van der Waals surface area contributed by atoms with Crippen LogP contribution in [0, 0.1) is 0 Å². The molecule has 0 spiro atoms.